The van der Waals surface area contributed by atoms with Gasteiger partial charge in [0.2, 0.25) is 0 Å². The summed E-state index contributed by atoms with van der Waals surface area (Å²) >= 11 is 0. The molecule has 0 spiro atoms. The van der Waals surface area contributed by atoms with E-state index < -0.39 is 5.92 Å². The summed E-state index contributed by atoms with van der Waals surface area (Å²) in [6, 6.07) is 0. The van der Waals surface area contributed by atoms with Crippen molar-refractivity contribution in [3.8, 4) is 0 Å². The zero-order valence-electron chi connectivity index (χ0n) is 2.96. The Bertz CT molecular complexity index is 20.4. The molecule has 5 heavy (non-hydrogen) atoms. The van der Waals surface area contributed by atoms with E-state index in [0.29, 0.717) is 0 Å². The van der Waals surface area contributed by atoms with Gasteiger partial charge in [-0.1, -0.05) is 0 Å². The fourth-order valence-corrected chi connectivity index (χ4v) is 0. The lowest BCUT2D eigenvalue weighted by molar-refractivity contribution is 0.0741. The minimum atomic E-state index is -2.75. The minimum Gasteiger partial charge on any atom is -0.159 e. The Balaban J connectivity index is 3.02. The van der Waals surface area contributed by atoms with Crippen LogP contribution in [-0.4, -0.2) is 5.92 Å². The number of hydrogen-bond donors (Lipinski definition) is 0. The van der Waals surface area contributed by atoms with Crippen LogP contribution >= 0.6 is 0 Å². The molecule has 0 N–H and O–H groups in total. The third-order valence-electron chi connectivity index (χ3n) is 0. The zero-order valence-corrected chi connectivity index (χ0v) is 2.96. The van der Waals surface area contributed by atoms with Gasteiger partial charge in [0.15, 0.2) is 0 Å². The average molecular weight is 79.1 g/mol. The van der Waals surface area contributed by atoms with E-state index in [0.717, 1.165) is 6.92 Å². The van der Waals surface area contributed by atoms with Crippen molar-refractivity contribution in [2.24, 2.45) is 0 Å². The second-order valence-corrected chi connectivity index (χ2v) is 1.07. The fraction of sp³-hybridized carbons (Fsp3) is 0.667. The first-order valence-corrected chi connectivity index (χ1v) is 1.23. The molecule has 2 heteroatoms. The first kappa shape index (κ1) is 4.73. The summed E-state index contributed by atoms with van der Waals surface area (Å²) in [5.74, 6) is -2.75. The van der Waals surface area contributed by atoms with Crippen LogP contribution in [0.15, 0.2) is 0 Å². The van der Waals surface area contributed by atoms with E-state index in [2.05, 4.69) is 6.92 Å². The predicted octanol–water partition coefficient (Wildman–Crippen LogP) is 1.48. The molecule has 0 radical (unpaired) electrons. The van der Waals surface area contributed by atoms with Crippen LogP contribution in [0.2, 0.25) is 0 Å². The van der Waals surface area contributed by atoms with Gasteiger partial charge in [-0.3, -0.25) is 0 Å². The third kappa shape index (κ3) is 153. The van der Waals surface area contributed by atoms with Gasteiger partial charge >= 0.3 is 5.92 Å². The highest BCUT2D eigenvalue weighted by molar-refractivity contribution is 4.56. The first-order chi connectivity index (χ1) is 2.00. The Morgan fingerprint density at radius 2 is 1.60 bits per heavy atom. The van der Waals surface area contributed by atoms with Crippen LogP contribution in [0.5, 0.6) is 0 Å². The summed E-state index contributed by atoms with van der Waals surface area (Å²) in [6.45, 7) is 3.18. The molecule has 0 bridgehead atoms. The maximum atomic E-state index is 10.9. The van der Waals surface area contributed by atoms with Crippen molar-refractivity contribution < 1.29 is 8.78 Å². The van der Waals surface area contributed by atoms with Crippen LogP contribution in [0.1, 0.15) is 6.92 Å². The molecule has 0 aromatic carbocycles. The molecule has 30 valence electrons. The molecular formula is C3H5F2+. The fourth-order valence-electron chi connectivity index (χ4n) is 0. The highest BCUT2D eigenvalue weighted by Crippen LogP contribution is 2.05. The monoisotopic (exact) mass is 79.0 g/mol. The Morgan fingerprint density at radius 1 is 1.60 bits per heavy atom. The Labute approximate surface area is 29.8 Å². The number of rotatable bonds is 0. The van der Waals surface area contributed by atoms with Crippen LogP contribution in [-0.2, 0) is 0 Å². The van der Waals surface area contributed by atoms with E-state index in [4.69, 9.17) is 0 Å². The smallest absolute Gasteiger partial charge is 0.159 e. The molecule has 0 aliphatic heterocycles. The summed E-state index contributed by atoms with van der Waals surface area (Å²) in [4.78, 5) is 0. The van der Waals surface area contributed by atoms with Gasteiger partial charge in [-0.05, 0) is 0 Å². The Kier molecular flexibility index (Phi) is 0.801. The Hall–Kier alpha value is -0.270. The van der Waals surface area contributed by atoms with E-state index in [1.54, 1.807) is 0 Å². The van der Waals surface area contributed by atoms with Gasteiger partial charge in [0.05, 0.1) is 0 Å². The summed E-state index contributed by atoms with van der Waals surface area (Å²) in [5.41, 5.74) is 0. The van der Waals surface area contributed by atoms with Crippen molar-refractivity contribution in [2.45, 2.75) is 12.8 Å². The molecule has 0 atom stereocenters. The highest BCUT2D eigenvalue weighted by Gasteiger charge is 2.19. The van der Waals surface area contributed by atoms with Crippen molar-refractivity contribution in [3.63, 3.8) is 0 Å². The molecule has 0 heterocycles. The summed E-state index contributed by atoms with van der Waals surface area (Å²) < 4.78 is 21.8. The SMILES string of the molecule is [CH2+]C(C)(F)F. The lowest BCUT2D eigenvalue weighted by Gasteiger charge is -1.84. The summed E-state index contributed by atoms with van der Waals surface area (Å²) in [6.07, 6.45) is 0. The van der Waals surface area contributed by atoms with Gasteiger partial charge in [-0.15, -0.1) is 0 Å². The van der Waals surface area contributed by atoms with Crippen molar-refractivity contribution in [3.05, 3.63) is 6.92 Å². The normalized spacial score (nSPS) is 11.8. The average Bonchev–Trinajstić information content (AvgIpc) is 0.722. The third-order valence-corrected chi connectivity index (χ3v) is 0. The van der Waals surface area contributed by atoms with E-state index >= 15 is 0 Å². The lowest BCUT2D eigenvalue weighted by Crippen LogP contribution is -1.99. The van der Waals surface area contributed by atoms with E-state index in [9.17, 15) is 8.78 Å². The second-order valence-electron chi connectivity index (χ2n) is 1.07. The molecule has 0 aliphatic carbocycles. The predicted molar refractivity (Wildman–Crippen MR) is 16.0 cm³/mol. The zero-order chi connectivity index (χ0) is 4.50. The molecule has 0 unspecified atom stereocenters. The standard InChI is InChI=1S/C3H5F2/c1-3(2,4)5/h1H2,2H3/q+1. The molecule has 0 amide bonds. The van der Waals surface area contributed by atoms with Crippen LogP contribution < -0.4 is 0 Å². The number of hydrogen-bond acceptors (Lipinski definition) is 0. The minimum absolute atomic E-state index is 0.743. The van der Waals surface area contributed by atoms with Crippen LogP contribution in [0, 0.1) is 6.92 Å². The summed E-state index contributed by atoms with van der Waals surface area (Å²) in [5, 5.41) is 0. The van der Waals surface area contributed by atoms with Crippen molar-refractivity contribution >= 4 is 0 Å². The molecule has 0 saturated heterocycles. The van der Waals surface area contributed by atoms with Gasteiger partial charge in [-0.2, -0.15) is 8.78 Å². The van der Waals surface area contributed by atoms with E-state index in [1.807, 2.05) is 0 Å². The van der Waals surface area contributed by atoms with Gasteiger partial charge < -0.3 is 0 Å². The van der Waals surface area contributed by atoms with Crippen LogP contribution in [0.4, 0.5) is 8.78 Å². The largest absolute Gasteiger partial charge is 0.381 e. The molecule has 0 aliphatic rings. The molecule has 0 saturated carbocycles. The van der Waals surface area contributed by atoms with Crippen molar-refractivity contribution in [1.82, 2.24) is 0 Å². The number of halogens is 2. The molecule has 0 aromatic heterocycles. The highest BCUT2D eigenvalue weighted by atomic mass is 19.3. The molecule has 0 aromatic rings. The van der Waals surface area contributed by atoms with Gasteiger partial charge in [0, 0.05) is 6.92 Å². The van der Waals surface area contributed by atoms with Crippen LogP contribution in [0.25, 0.3) is 0 Å². The molecule has 0 fully saturated rings. The lowest BCUT2D eigenvalue weighted by atomic mass is 10.5. The van der Waals surface area contributed by atoms with Gasteiger partial charge in [-0.25, -0.2) is 0 Å². The topological polar surface area (TPSA) is 0 Å². The number of alkyl halides is 2. The second kappa shape index (κ2) is 0.847. The maximum absolute atomic E-state index is 10.9. The maximum Gasteiger partial charge on any atom is 0.381 e. The van der Waals surface area contributed by atoms with Crippen molar-refractivity contribution in [2.75, 3.05) is 0 Å². The molecule has 0 rings (SSSR count). The molecule has 0 nitrogen and oxygen atoms in total. The molecular weight excluding hydrogens is 74.0 g/mol. The van der Waals surface area contributed by atoms with Crippen molar-refractivity contribution in [1.29, 1.82) is 0 Å². The quantitative estimate of drug-likeness (QED) is 0.386. The van der Waals surface area contributed by atoms with E-state index in [1.165, 1.54) is 0 Å². The van der Waals surface area contributed by atoms with Gasteiger partial charge in [0.1, 0.15) is 6.92 Å². The first-order valence-electron chi connectivity index (χ1n) is 1.23. The van der Waals surface area contributed by atoms with Crippen LogP contribution in [0.3, 0.4) is 0 Å². The van der Waals surface area contributed by atoms with Gasteiger partial charge in [0.25, 0.3) is 0 Å². The van der Waals surface area contributed by atoms with E-state index in [-0.39, 0.29) is 0 Å². The Morgan fingerprint density at radius 3 is 1.60 bits per heavy atom. The summed E-state index contributed by atoms with van der Waals surface area (Å²) in [7, 11) is 0.